The van der Waals surface area contributed by atoms with E-state index in [1.165, 1.54) is 5.57 Å². The highest BCUT2D eigenvalue weighted by molar-refractivity contribution is 7.89. The molecule has 1 fully saturated rings. The smallest absolute Gasteiger partial charge is 0.207 e. The summed E-state index contributed by atoms with van der Waals surface area (Å²) in [6.07, 6.45) is 12.6. The molecule has 1 aromatic rings. The SMILES string of the molecule is C/C=C(\C=C/C(C)/C=C/C)C1CCN(S(=O)(=O)c2ccccc2C)CC1. The average molecular weight is 374 g/mol. The molecule has 0 bridgehead atoms. The van der Waals surface area contributed by atoms with Gasteiger partial charge in [-0.05, 0) is 62.7 Å². The molecular formula is C22H31NO2S. The van der Waals surface area contributed by atoms with Crippen molar-refractivity contribution in [3.05, 3.63) is 65.8 Å². The molecule has 1 aromatic carbocycles. The first-order valence-corrected chi connectivity index (χ1v) is 10.9. The number of hydrogen-bond acceptors (Lipinski definition) is 2. The number of piperidine rings is 1. The Hall–Kier alpha value is -1.65. The molecule has 4 heteroatoms. The summed E-state index contributed by atoms with van der Waals surface area (Å²) in [5, 5.41) is 0. The summed E-state index contributed by atoms with van der Waals surface area (Å²) < 4.78 is 27.5. The Labute approximate surface area is 159 Å². The molecule has 1 saturated heterocycles. The largest absolute Gasteiger partial charge is 0.243 e. The summed E-state index contributed by atoms with van der Waals surface area (Å²) in [5.41, 5.74) is 2.12. The summed E-state index contributed by atoms with van der Waals surface area (Å²) in [5.74, 6) is 0.842. The van der Waals surface area contributed by atoms with Crippen LogP contribution in [0.2, 0.25) is 0 Å². The van der Waals surface area contributed by atoms with Gasteiger partial charge in [-0.3, -0.25) is 0 Å². The second-order valence-corrected chi connectivity index (χ2v) is 8.88. The maximum Gasteiger partial charge on any atom is 0.243 e. The van der Waals surface area contributed by atoms with E-state index in [0.717, 1.165) is 18.4 Å². The molecular weight excluding hydrogens is 342 g/mol. The van der Waals surface area contributed by atoms with Gasteiger partial charge < -0.3 is 0 Å². The van der Waals surface area contributed by atoms with Gasteiger partial charge in [-0.15, -0.1) is 0 Å². The Bertz CT molecular complexity index is 782. The third-order valence-corrected chi connectivity index (χ3v) is 7.12. The zero-order valence-corrected chi connectivity index (χ0v) is 17.2. The predicted molar refractivity (Wildman–Crippen MR) is 110 cm³/mol. The fourth-order valence-electron chi connectivity index (χ4n) is 3.51. The summed E-state index contributed by atoms with van der Waals surface area (Å²) in [6, 6.07) is 7.23. The van der Waals surface area contributed by atoms with Crippen LogP contribution in [0.3, 0.4) is 0 Å². The average Bonchev–Trinajstić information content (AvgIpc) is 2.63. The van der Waals surface area contributed by atoms with Crippen LogP contribution in [0.5, 0.6) is 0 Å². The third-order valence-electron chi connectivity index (χ3n) is 5.06. The number of aryl methyl sites for hydroxylation is 1. The van der Waals surface area contributed by atoms with Crippen LogP contribution in [0.4, 0.5) is 0 Å². The monoisotopic (exact) mass is 373 g/mol. The maximum absolute atomic E-state index is 12.9. The second-order valence-electron chi connectivity index (χ2n) is 6.98. The highest BCUT2D eigenvalue weighted by Crippen LogP contribution is 2.30. The van der Waals surface area contributed by atoms with Crippen molar-refractivity contribution in [3.8, 4) is 0 Å². The van der Waals surface area contributed by atoms with Crippen molar-refractivity contribution >= 4 is 10.0 Å². The molecule has 0 spiro atoms. The standard InChI is InChI=1S/C22H31NO2S/c1-5-9-18(3)12-13-20(6-2)21-14-16-23(17-15-21)26(24,25)22-11-8-7-10-19(22)4/h5-13,18,21H,14-17H2,1-4H3/b9-5+,13-12-,20-6+. The van der Waals surface area contributed by atoms with Gasteiger partial charge >= 0.3 is 0 Å². The van der Waals surface area contributed by atoms with Gasteiger partial charge in [-0.1, -0.05) is 55.5 Å². The van der Waals surface area contributed by atoms with Crippen molar-refractivity contribution < 1.29 is 8.42 Å². The van der Waals surface area contributed by atoms with Crippen molar-refractivity contribution in [3.63, 3.8) is 0 Å². The Morgan fingerprint density at radius 3 is 2.38 bits per heavy atom. The lowest BCUT2D eigenvalue weighted by molar-refractivity contribution is 0.300. The molecule has 0 aliphatic carbocycles. The van der Waals surface area contributed by atoms with Crippen molar-refractivity contribution in [2.24, 2.45) is 11.8 Å². The van der Waals surface area contributed by atoms with Gasteiger partial charge in [0.05, 0.1) is 4.90 Å². The van der Waals surface area contributed by atoms with Gasteiger partial charge in [0.25, 0.3) is 0 Å². The molecule has 26 heavy (non-hydrogen) atoms. The molecule has 1 aliphatic rings. The molecule has 0 saturated carbocycles. The van der Waals surface area contributed by atoms with E-state index in [0.29, 0.717) is 29.8 Å². The lowest BCUT2D eigenvalue weighted by Crippen LogP contribution is -2.39. The molecule has 0 amide bonds. The number of benzene rings is 1. The van der Waals surface area contributed by atoms with E-state index in [1.807, 2.05) is 26.0 Å². The molecule has 3 nitrogen and oxygen atoms in total. The van der Waals surface area contributed by atoms with Gasteiger partial charge in [-0.2, -0.15) is 4.31 Å². The first-order valence-electron chi connectivity index (χ1n) is 9.43. The van der Waals surface area contributed by atoms with E-state index in [9.17, 15) is 8.42 Å². The third kappa shape index (κ3) is 4.95. The van der Waals surface area contributed by atoms with E-state index >= 15 is 0 Å². The summed E-state index contributed by atoms with van der Waals surface area (Å²) in [4.78, 5) is 0.435. The van der Waals surface area contributed by atoms with Crippen molar-refractivity contribution in [1.82, 2.24) is 4.31 Å². The van der Waals surface area contributed by atoms with Crippen LogP contribution < -0.4 is 0 Å². The normalized spacial score (nSPS) is 19.5. The van der Waals surface area contributed by atoms with E-state index in [4.69, 9.17) is 0 Å². The van der Waals surface area contributed by atoms with Crippen LogP contribution in [0.1, 0.15) is 39.2 Å². The van der Waals surface area contributed by atoms with Gasteiger partial charge in [0.1, 0.15) is 0 Å². The Balaban J connectivity index is 2.05. The molecule has 0 aromatic heterocycles. The topological polar surface area (TPSA) is 37.4 Å². The Morgan fingerprint density at radius 1 is 1.15 bits per heavy atom. The van der Waals surface area contributed by atoms with Crippen LogP contribution >= 0.6 is 0 Å². The summed E-state index contributed by atoms with van der Waals surface area (Å²) in [7, 11) is -3.39. The van der Waals surface area contributed by atoms with Gasteiger partial charge in [0.15, 0.2) is 0 Å². The molecule has 1 heterocycles. The molecule has 0 radical (unpaired) electrons. The highest BCUT2D eigenvalue weighted by atomic mass is 32.2. The minimum absolute atomic E-state index is 0.413. The second kappa shape index (κ2) is 9.33. The summed E-state index contributed by atoms with van der Waals surface area (Å²) in [6.45, 7) is 9.28. The van der Waals surface area contributed by atoms with Crippen LogP contribution in [0.25, 0.3) is 0 Å². The lowest BCUT2D eigenvalue weighted by atomic mass is 9.89. The van der Waals surface area contributed by atoms with Crippen molar-refractivity contribution in [1.29, 1.82) is 0 Å². The molecule has 1 unspecified atom stereocenters. The van der Waals surface area contributed by atoms with Crippen LogP contribution in [0, 0.1) is 18.8 Å². The highest BCUT2D eigenvalue weighted by Gasteiger charge is 2.30. The number of allylic oxidation sites excluding steroid dienone is 6. The maximum atomic E-state index is 12.9. The minimum Gasteiger partial charge on any atom is -0.207 e. The van der Waals surface area contributed by atoms with Crippen LogP contribution in [0.15, 0.2) is 65.1 Å². The van der Waals surface area contributed by atoms with Gasteiger partial charge in [-0.25, -0.2) is 8.42 Å². The molecule has 1 aliphatic heterocycles. The quantitative estimate of drug-likeness (QED) is 0.513. The zero-order chi connectivity index (χ0) is 19.2. The molecule has 1 atom stereocenters. The first kappa shape index (κ1) is 20.7. The van der Waals surface area contributed by atoms with Gasteiger partial charge in [0, 0.05) is 13.1 Å². The van der Waals surface area contributed by atoms with E-state index < -0.39 is 10.0 Å². The first-order chi connectivity index (χ1) is 12.4. The van der Waals surface area contributed by atoms with Crippen molar-refractivity contribution in [2.45, 2.75) is 45.4 Å². The molecule has 142 valence electrons. The van der Waals surface area contributed by atoms with E-state index in [-0.39, 0.29) is 0 Å². The van der Waals surface area contributed by atoms with Crippen LogP contribution in [-0.2, 0) is 10.0 Å². The van der Waals surface area contributed by atoms with Gasteiger partial charge in [0.2, 0.25) is 10.0 Å². The zero-order valence-electron chi connectivity index (χ0n) is 16.4. The number of nitrogens with zero attached hydrogens (tertiary/aromatic N) is 1. The Kier molecular flexibility index (Phi) is 7.42. The Morgan fingerprint density at radius 2 is 1.81 bits per heavy atom. The number of sulfonamides is 1. The predicted octanol–water partition coefficient (Wildman–Crippen LogP) is 5.11. The van der Waals surface area contributed by atoms with E-state index in [1.54, 1.807) is 16.4 Å². The minimum atomic E-state index is -3.39. The summed E-state index contributed by atoms with van der Waals surface area (Å²) >= 11 is 0. The van der Waals surface area contributed by atoms with Crippen LogP contribution in [-0.4, -0.2) is 25.8 Å². The number of hydrogen-bond donors (Lipinski definition) is 0. The fourth-order valence-corrected chi connectivity index (χ4v) is 5.21. The molecule has 2 rings (SSSR count). The lowest BCUT2D eigenvalue weighted by Gasteiger charge is -2.32. The fraction of sp³-hybridized carbons (Fsp3) is 0.455. The van der Waals surface area contributed by atoms with E-state index in [2.05, 4.69) is 44.2 Å². The number of rotatable bonds is 6. The molecule has 0 N–H and O–H groups in total. The van der Waals surface area contributed by atoms with Crippen molar-refractivity contribution in [2.75, 3.05) is 13.1 Å².